The molecule has 0 amide bonds. The summed E-state index contributed by atoms with van der Waals surface area (Å²) in [4.78, 5) is 0. The number of anilines is 1. The van der Waals surface area contributed by atoms with Crippen molar-refractivity contribution in [2.45, 2.75) is 18.9 Å². The predicted octanol–water partition coefficient (Wildman–Crippen LogP) is 3.07. The Morgan fingerprint density at radius 3 is 2.40 bits per heavy atom. The van der Waals surface area contributed by atoms with Crippen molar-refractivity contribution in [3.63, 3.8) is 0 Å². The summed E-state index contributed by atoms with van der Waals surface area (Å²) in [7, 11) is 1.67. The lowest BCUT2D eigenvalue weighted by Gasteiger charge is -2.14. The summed E-state index contributed by atoms with van der Waals surface area (Å²) in [5.41, 5.74) is 8.55. The minimum absolute atomic E-state index is 0.150. The molecule has 0 fully saturated rings. The predicted molar refractivity (Wildman–Crippen MR) is 84.2 cm³/mol. The fourth-order valence-corrected chi connectivity index (χ4v) is 2.06. The molecule has 0 aliphatic heterocycles. The van der Waals surface area contributed by atoms with Crippen molar-refractivity contribution in [1.29, 1.82) is 0 Å². The number of hydrogen-bond donors (Lipinski definition) is 2. The molecule has 2 aromatic carbocycles. The van der Waals surface area contributed by atoms with Gasteiger partial charge in [-0.3, -0.25) is 0 Å². The second-order valence-electron chi connectivity index (χ2n) is 4.89. The van der Waals surface area contributed by atoms with Crippen molar-refractivity contribution in [2.24, 2.45) is 5.73 Å². The van der Waals surface area contributed by atoms with Gasteiger partial charge in [0.2, 0.25) is 0 Å². The van der Waals surface area contributed by atoms with Gasteiger partial charge in [0.05, 0.1) is 7.11 Å². The van der Waals surface area contributed by atoms with E-state index in [2.05, 4.69) is 29.6 Å². The van der Waals surface area contributed by atoms with Crippen LogP contribution in [0.4, 0.5) is 5.69 Å². The lowest BCUT2D eigenvalue weighted by molar-refractivity contribution is 0.415. The largest absolute Gasteiger partial charge is 0.497 e. The zero-order valence-electron chi connectivity index (χ0n) is 11.9. The lowest BCUT2D eigenvalue weighted by atomic mass is 10.1. The van der Waals surface area contributed by atoms with E-state index >= 15 is 0 Å². The summed E-state index contributed by atoms with van der Waals surface area (Å²) in [6.07, 6.45) is 2.00. The quantitative estimate of drug-likeness (QED) is 0.813. The van der Waals surface area contributed by atoms with Crippen LogP contribution in [0.25, 0.3) is 0 Å². The number of hydrogen-bond acceptors (Lipinski definition) is 3. The number of benzene rings is 2. The highest BCUT2D eigenvalue weighted by atomic mass is 16.5. The Morgan fingerprint density at radius 2 is 1.75 bits per heavy atom. The van der Waals surface area contributed by atoms with E-state index in [1.54, 1.807) is 7.11 Å². The van der Waals surface area contributed by atoms with Crippen molar-refractivity contribution in [1.82, 2.24) is 0 Å². The average Bonchev–Trinajstić information content (AvgIpc) is 2.52. The van der Waals surface area contributed by atoms with E-state index in [1.165, 1.54) is 5.56 Å². The molecule has 0 unspecified atom stereocenters. The van der Waals surface area contributed by atoms with Gasteiger partial charge in [-0.2, -0.15) is 0 Å². The highest BCUT2D eigenvalue weighted by Crippen LogP contribution is 2.15. The molecular formula is C17H22N2O. The van der Waals surface area contributed by atoms with Crippen molar-refractivity contribution < 1.29 is 4.74 Å². The fourth-order valence-electron chi connectivity index (χ4n) is 2.06. The Morgan fingerprint density at radius 1 is 1.05 bits per heavy atom. The highest BCUT2D eigenvalue weighted by Gasteiger charge is 2.03. The Balaban J connectivity index is 1.73. The van der Waals surface area contributed by atoms with Gasteiger partial charge in [-0.1, -0.05) is 30.3 Å². The van der Waals surface area contributed by atoms with E-state index in [4.69, 9.17) is 10.5 Å². The van der Waals surface area contributed by atoms with Crippen LogP contribution in [0.1, 0.15) is 12.0 Å². The van der Waals surface area contributed by atoms with E-state index < -0.39 is 0 Å². The maximum atomic E-state index is 6.14. The number of nitrogens with one attached hydrogen (secondary N) is 1. The Hall–Kier alpha value is -2.00. The summed E-state index contributed by atoms with van der Waals surface area (Å²) in [6.45, 7) is 0.777. The van der Waals surface area contributed by atoms with Crippen LogP contribution in [0.2, 0.25) is 0 Å². The highest BCUT2D eigenvalue weighted by molar-refractivity contribution is 5.46. The molecule has 1 atom stereocenters. The molecule has 0 heterocycles. The first kappa shape index (κ1) is 14.4. The normalized spacial score (nSPS) is 11.9. The molecule has 0 aliphatic rings. The Bertz CT molecular complexity index is 496. The first-order chi connectivity index (χ1) is 9.78. The fraction of sp³-hybridized carbons (Fsp3) is 0.294. The van der Waals surface area contributed by atoms with Gasteiger partial charge in [0.25, 0.3) is 0 Å². The molecule has 0 bridgehead atoms. The SMILES string of the molecule is COc1ccc(NC[C@@H](N)CCc2ccccc2)cc1. The topological polar surface area (TPSA) is 47.3 Å². The van der Waals surface area contributed by atoms with Crippen LogP contribution in [-0.4, -0.2) is 19.7 Å². The van der Waals surface area contributed by atoms with Crippen LogP contribution >= 0.6 is 0 Å². The van der Waals surface area contributed by atoms with Crippen LogP contribution in [0, 0.1) is 0 Å². The molecule has 2 aromatic rings. The number of aryl methyl sites for hydroxylation is 1. The van der Waals surface area contributed by atoms with Crippen LogP contribution in [0.15, 0.2) is 54.6 Å². The second kappa shape index (κ2) is 7.56. The summed E-state index contributed by atoms with van der Waals surface area (Å²) in [5.74, 6) is 0.865. The van der Waals surface area contributed by atoms with Gasteiger partial charge in [0, 0.05) is 18.3 Å². The van der Waals surface area contributed by atoms with E-state index in [9.17, 15) is 0 Å². The van der Waals surface area contributed by atoms with Gasteiger partial charge >= 0.3 is 0 Å². The van der Waals surface area contributed by atoms with Gasteiger partial charge in [-0.25, -0.2) is 0 Å². The molecule has 2 rings (SSSR count). The zero-order valence-corrected chi connectivity index (χ0v) is 11.9. The minimum atomic E-state index is 0.150. The van der Waals surface area contributed by atoms with Crippen molar-refractivity contribution in [3.8, 4) is 5.75 Å². The van der Waals surface area contributed by atoms with Crippen molar-refractivity contribution in [3.05, 3.63) is 60.2 Å². The van der Waals surface area contributed by atoms with Gasteiger partial charge in [0.15, 0.2) is 0 Å². The molecule has 0 aliphatic carbocycles. The maximum absolute atomic E-state index is 6.14. The molecule has 3 heteroatoms. The first-order valence-electron chi connectivity index (χ1n) is 6.95. The molecule has 3 nitrogen and oxygen atoms in total. The maximum Gasteiger partial charge on any atom is 0.119 e. The van der Waals surface area contributed by atoms with Gasteiger partial charge in [0.1, 0.15) is 5.75 Å². The van der Waals surface area contributed by atoms with Crippen LogP contribution < -0.4 is 15.8 Å². The van der Waals surface area contributed by atoms with E-state index in [0.29, 0.717) is 0 Å². The molecule has 20 heavy (non-hydrogen) atoms. The molecule has 0 aromatic heterocycles. The number of ether oxygens (including phenoxy) is 1. The third-order valence-corrected chi connectivity index (χ3v) is 3.31. The molecule has 3 N–H and O–H groups in total. The van der Waals surface area contributed by atoms with Gasteiger partial charge < -0.3 is 15.8 Å². The smallest absolute Gasteiger partial charge is 0.119 e. The average molecular weight is 270 g/mol. The molecular weight excluding hydrogens is 248 g/mol. The van der Waals surface area contributed by atoms with Crippen LogP contribution in [0.5, 0.6) is 5.75 Å². The Kier molecular flexibility index (Phi) is 5.44. The lowest BCUT2D eigenvalue weighted by Crippen LogP contribution is -2.29. The first-order valence-corrected chi connectivity index (χ1v) is 6.95. The summed E-state index contributed by atoms with van der Waals surface area (Å²) in [5, 5.41) is 3.35. The zero-order chi connectivity index (χ0) is 14.2. The second-order valence-corrected chi connectivity index (χ2v) is 4.89. The van der Waals surface area contributed by atoms with E-state index in [1.807, 2.05) is 30.3 Å². The van der Waals surface area contributed by atoms with Gasteiger partial charge in [-0.15, -0.1) is 0 Å². The van der Waals surface area contributed by atoms with Crippen molar-refractivity contribution in [2.75, 3.05) is 19.0 Å². The summed E-state index contributed by atoms with van der Waals surface area (Å²) >= 11 is 0. The summed E-state index contributed by atoms with van der Waals surface area (Å²) in [6, 6.07) is 18.5. The monoisotopic (exact) mass is 270 g/mol. The third-order valence-electron chi connectivity index (χ3n) is 3.31. The van der Waals surface area contributed by atoms with Crippen molar-refractivity contribution >= 4 is 5.69 Å². The summed E-state index contributed by atoms with van der Waals surface area (Å²) < 4.78 is 5.13. The minimum Gasteiger partial charge on any atom is -0.497 e. The van der Waals surface area contributed by atoms with E-state index in [0.717, 1.165) is 30.8 Å². The third kappa shape index (κ3) is 4.59. The number of rotatable bonds is 7. The van der Waals surface area contributed by atoms with E-state index in [-0.39, 0.29) is 6.04 Å². The van der Waals surface area contributed by atoms with Gasteiger partial charge in [-0.05, 0) is 42.7 Å². The number of methoxy groups -OCH3 is 1. The van der Waals surface area contributed by atoms with Crippen LogP contribution in [-0.2, 0) is 6.42 Å². The molecule has 0 radical (unpaired) electrons. The number of nitrogens with two attached hydrogens (primary N) is 1. The Labute approximate surface area is 120 Å². The molecule has 106 valence electrons. The molecule has 0 saturated carbocycles. The molecule has 0 saturated heterocycles. The van der Waals surface area contributed by atoms with Crippen LogP contribution in [0.3, 0.4) is 0 Å². The standard InChI is InChI=1S/C17H22N2O/c1-20-17-11-9-16(10-12-17)19-13-15(18)8-7-14-5-3-2-4-6-14/h2-6,9-12,15,19H,7-8,13,18H2,1H3/t15-/m0/s1. The molecule has 0 spiro atoms.